The van der Waals surface area contributed by atoms with Gasteiger partial charge in [0.2, 0.25) is 0 Å². The quantitative estimate of drug-likeness (QED) is 0.661. The molecular formula is C12H13N5OS. The van der Waals surface area contributed by atoms with E-state index in [2.05, 4.69) is 15.3 Å². The lowest BCUT2D eigenvalue weighted by Gasteiger charge is -2.08. The molecule has 1 aromatic rings. The van der Waals surface area contributed by atoms with Crippen molar-refractivity contribution in [2.75, 3.05) is 0 Å². The smallest absolute Gasteiger partial charge is 0.282 e. The van der Waals surface area contributed by atoms with Gasteiger partial charge in [-0.15, -0.1) is 0 Å². The third kappa shape index (κ3) is 2.65. The van der Waals surface area contributed by atoms with E-state index < -0.39 is 6.04 Å². The highest BCUT2D eigenvalue weighted by molar-refractivity contribution is 7.80. The van der Waals surface area contributed by atoms with Gasteiger partial charge in [-0.05, 0) is 37.7 Å². The highest BCUT2D eigenvalue weighted by Crippen LogP contribution is 2.20. The molecule has 2 N–H and O–H groups in total. The molecule has 6 nitrogen and oxygen atoms in total. The number of thiocarbonyl (C=S) groups is 1. The molecule has 2 rings (SSSR count). The largest absolute Gasteiger partial charge is 0.374 e. The number of rotatable bonds is 2. The van der Waals surface area contributed by atoms with Crippen LogP contribution in [0.4, 0.5) is 5.69 Å². The second kappa shape index (κ2) is 5.23. The first-order valence-electron chi connectivity index (χ1n) is 5.65. The van der Waals surface area contributed by atoms with Crippen LogP contribution in [0.3, 0.4) is 0 Å². The fraction of sp³-hybridized carbons (Fsp3) is 0.250. The number of nitrogens with two attached hydrogens (primary N) is 1. The molecule has 19 heavy (non-hydrogen) atoms. The minimum Gasteiger partial charge on any atom is -0.374 e. The maximum Gasteiger partial charge on any atom is 0.282 e. The highest BCUT2D eigenvalue weighted by Gasteiger charge is 2.35. The van der Waals surface area contributed by atoms with Gasteiger partial charge in [-0.25, -0.2) is 0 Å². The summed E-state index contributed by atoms with van der Waals surface area (Å²) in [5.41, 5.74) is 7.63. The molecule has 0 radical (unpaired) electrons. The van der Waals surface area contributed by atoms with Crippen LogP contribution in [0.25, 0.3) is 0 Å². The van der Waals surface area contributed by atoms with Crippen LogP contribution in [0.15, 0.2) is 39.6 Å². The predicted molar refractivity (Wildman–Crippen MR) is 76.2 cm³/mol. The SMILES string of the molecule is CC1=NN(C(N)=S)C(=O)C1N=Nc1ccccc1C. The first-order valence-corrected chi connectivity index (χ1v) is 6.06. The molecule has 1 atom stereocenters. The summed E-state index contributed by atoms with van der Waals surface area (Å²) in [6.07, 6.45) is 0. The average Bonchev–Trinajstić information content (AvgIpc) is 2.65. The van der Waals surface area contributed by atoms with E-state index in [-0.39, 0.29) is 11.0 Å². The fourth-order valence-electron chi connectivity index (χ4n) is 1.64. The second-order valence-electron chi connectivity index (χ2n) is 4.13. The van der Waals surface area contributed by atoms with Crippen molar-refractivity contribution in [3.63, 3.8) is 0 Å². The topological polar surface area (TPSA) is 83.4 Å². The van der Waals surface area contributed by atoms with E-state index in [0.717, 1.165) is 16.3 Å². The second-order valence-corrected chi connectivity index (χ2v) is 4.55. The molecule has 0 aliphatic carbocycles. The Bertz CT molecular complexity index is 596. The molecule has 1 unspecified atom stereocenters. The average molecular weight is 275 g/mol. The molecule has 0 aromatic heterocycles. The van der Waals surface area contributed by atoms with Crippen LogP contribution in [0.5, 0.6) is 0 Å². The number of hydrogen-bond acceptors (Lipinski definition) is 5. The molecule has 0 saturated heterocycles. The van der Waals surface area contributed by atoms with Crippen molar-refractivity contribution < 1.29 is 4.79 Å². The number of carbonyl (C=O) groups is 1. The number of aryl methyl sites for hydroxylation is 1. The van der Waals surface area contributed by atoms with Crippen molar-refractivity contribution in [1.82, 2.24) is 5.01 Å². The Balaban J connectivity index is 2.21. The maximum atomic E-state index is 12.0. The number of azo groups is 1. The van der Waals surface area contributed by atoms with Crippen molar-refractivity contribution in [2.45, 2.75) is 19.9 Å². The Morgan fingerprint density at radius 3 is 2.68 bits per heavy atom. The van der Waals surface area contributed by atoms with Gasteiger partial charge in [-0.1, -0.05) is 18.2 Å². The summed E-state index contributed by atoms with van der Waals surface area (Å²) < 4.78 is 0. The lowest BCUT2D eigenvalue weighted by molar-refractivity contribution is -0.126. The van der Waals surface area contributed by atoms with Crippen molar-refractivity contribution in [1.29, 1.82) is 0 Å². The summed E-state index contributed by atoms with van der Waals surface area (Å²) in [5, 5.41) is 13.0. The zero-order valence-corrected chi connectivity index (χ0v) is 11.4. The Morgan fingerprint density at radius 2 is 2.11 bits per heavy atom. The van der Waals surface area contributed by atoms with Crippen molar-refractivity contribution in [2.24, 2.45) is 21.1 Å². The van der Waals surface area contributed by atoms with Crippen LogP contribution >= 0.6 is 12.2 Å². The van der Waals surface area contributed by atoms with Gasteiger partial charge in [0.25, 0.3) is 5.91 Å². The molecule has 1 heterocycles. The van der Waals surface area contributed by atoms with E-state index in [1.165, 1.54) is 0 Å². The van der Waals surface area contributed by atoms with Gasteiger partial charge in [0.05, 0.1) is 11.4 Å². The number of hydrogen-bond donors (Lipinski definition) is 1. The lowest BCUT2D eigenvalue weighted by Crippen LogP contribution is -2.37. The summed E-state index contributed by atoms with van der Waals surface area (Å²) in [7, 11) is 0. The van der Waals surface area contributed by atoms with E-state index >= 15 is 0 Å². The standard InChI is InChI=1S/C12H13N5OS/c1-7-5-3-4-6-9(7)14-15-10-8(2)16-17(11(10)18)12(13)19/h3-6,10H,1-2H3,(H2,13,19). The molecule has 0 fully saturated rings. The molecule has 7 heteroatoms. The van der Waals surface area contributed by atoms with E-state index in [0.29, 0.717) is 5.71 Å². The number of benzene rings is 1. The van der Waals surface area contributed by atoms with Gasteiger partial charge in [-0.2, -0.15) is 20.3 Å². The van der Waals surface area contributed by atoms with Gasteiger partial charge < -0.3 is 5.73 Å². The Kier molecular flexibility index (Phi) is 3.66. The molecular weight excluding hydrogens is 262 g/mol. The third-order valence-electron chi connectivity index (χ3n) is 2.70. The molecule has 1 amide bonds. The number of hydrazone groups is 1. The first-order chi connectivity index (χ1) is 9.00. The fourth-order valence-corrected chi connectivity index (χ4v) is 1.77. The highest BCUT2D eigenvalue weighted by atomic mass is 32.1. The predicted octanol–water partition coefficient (Wildman–Crippen LogP) is 1.91. The molecule has 1 aromatic carbocycles. The maximum absolute atomic E-state index is 12.0. The van der Waals surface area contributed by atoms with Crippen LogP contribution in [0, 0.1) is 6.92 Å². The van der Waals surface area contributed by atoms with Crippen LogP contribution in [0.2, 0.25) is 0 Å². The Labute approximate surface area is 116 Å². The molecule has 1 aliphatic heterocycles. The van der Waals surface area contributed by atoms with Crippen LogP contribution < -0.4 is 5.73 Å². The molecule has 98 valence electrons. The minimum absolute atomic E-state index is 0.0852. The van der Waals surface area contributed by atoms with Crippen LogP contribution in [-0.4, -0.2) is 27.8 Å². The van der Waals surface area contributed by atoms with Crippen molar-refractivity contribution in [3.05, 3.63) is 29.8 Å². The van der Waals surface area contributed by atoms with Crippen LogP contribution in [0.1, 0.15) is 12.5 Å². The summed E-state index contributed by atoms with van der Waals surface area (Å²) in [4.78, 5) is 12.0. The third-order valence-corrected chi connectivity index (χ3v) is 2.87. The molecule has 0 spiro atoms. The van der Waals surface area contributed by atoms with Gasteiger partial charge >= 0.3 is 0 Å². The lowest BCUT2D eigenvalue weighted by atomic mass is 10.2. The van der Waals surface area contributed by atoms with Gasteiger partial charge in [0.1, 0.15) is 0 Å². The van der Waals surface area contributed by atoms with Gasteiger partial charge in [-0.3, -0.25) is 4.79 Å². The minimum atomic E-state index is -0.749. The molecule has 0 bridgehead atoms. The normalized spacial score (nSPS) is 19.1. The number of nitrogens with zero attached hydrogens (tertiary/aromatic N) is 4. The monoisotopic (exact) mass is 275 g/mol. The Hall–Kier alpha value is -2.15. The van der Waals surface area contributed by atoms with E-state index in [1.54, 1.807) is 6.92 Å². The zero-order valence-electron chi connectivity index (χ0n) is 10.6. The first kappa shape index (κ1) is 13.3. The summed E-state index contributed by atoms with van der Waals surface area (Å²) in [6.45, 7) is 3.62. The molecule has 0 saturated carbocycles. The number of carbonyl (C=O) groups excluding carboxylic acids is 1. The summed E-state index contributed by atoms with van der Waals surface area (Å²) in [5.74, 6) is -0.373. The van der Waals surface area contributed by atoms with Crippen molar-refractivity contribution >= 4 is 34.6 Å². The summed E-state index contributed by atoms with van der Waals surface area (Å²) in [6, 6.07) is 6.78. The van der Waals surface area contributed by atoms with E-state index in [4.69, 9.17) is 18.0 Å². The Morgan fingerprint density at radius 1 is 1.42 bits per heavy atom. The zero-order chi connectivity index (χ0) is 14.0. The van der Waals surface area contributed by atoms with Gasteiger partial charge in [0, 0.05) is 0 Å². The van der Waals surface area contributed by atoms with Crippen molar-refractivity contribution in [3.8, 4) is 0 Å². The van der Waals surface area contributed by atoms with E-state index in [9.17, 15) is 4.79 Å². The number of amides is 1. The molecule has 1 aliphatic rings. The van der Waals surface area contributed by atoms with Crippen LogP contribution in [-0.2, 0) is 4.79 Å². The van der Waals surface area contributed by atoms with Gasteiger partial charge in [0.15, 0.2) is 11.2 Å². The van der Waals surface area contributed by atoms with E-state index in [1.807, 2.05) is 31.2 Å². The summed E-state index contributed by atoms with van der Waals surface area (Å²) >= 11 is 4.74.